The van der Waals surface area contributed by atoms with Crippen LogP contribution in [0.2, 0.25) is 0 Å². The first-order valence-electron chi connectivity index (χ1n) is 9.35. The lowest BCUT2D eigenvalue weighted by molar-refractivity contribution is 0.102. The average Bonchev–Trinajstić information content (AvgIpc) is 3.28. The van der Waals surface area contributed by atoms with Gasteiger partial charge >= 0.3 is 0 Å². The van der Waals surface area contributed by atoms with Crippen molar-refractivity contribution >= 4 is 33.4 Å². The van der Waals surface area contributed by atoms with E-state index in [2.05, 4.69) is 25.7 Å². The summed E-state index contributed by atoms with van der Waals surface area (Å²) in [6.45, 7) is 8.07. The molecule has 27 heavy (non-hydrogen) atoms. The van der Waals surface area contributed by atoms with Gasteiger partial charge in [0.2, 0.25) is 0 Å². The SMILES string of the molecule is Cc1cc(C(=O)Nc2ncc(C3CCNCC3)s2)c2cnn(C(C)C)c2n1. The van der Waals surface area contributed by atoms with Gasteiger partial charge in [-0.1, -0.05) is 0 Å². The Labute approximate surface area is 162 Å². The maximum atomic E-state index is 12.9. The summed E-state index contributed by atoms with van der Waals surface area (Å²) in [5.41, 5.74) is 2.12. The van der Waals surface area contributed by atoms with E-state index in [1.807, 2.05) is 37.7 Å². The molecule has 142 valence electrons. The van der Waals surface area contributed by atoms with Crippen LogP contribution in [0.25, 0.3) is 11.0 Å². The Morgan fingerprint density at radius 2 is 2.11 bits per heavy atom. The molecule has 1 amide bonds. The number of hydrogen-bond donors (Lipinski definition) is 2. The fourth-order valence-corrected chi connectivity index (χ4v) is 4.49. The molecule has 4 heterocycles. The van der Waals surface area contributed by atoms with Gasteiger partial charge in [-0.15, -0.1) is 11.3 Å². The molecule has 1 aliphatic heterocycles. The van der Waals surface area contributed by atoms with Crippen molar-refractivity contribution in [3.63, 3.8) is 0 Å². The fourth-order valence-electron chi connectivity index (χ4n) is 3.51. The second kappa shape index (κ2) is 7.36. The second-order valence-electron chi connectivity index (χ2n) is 7.28. The number of nitrogens with zero attached hydrogens (tertiary/aromatic N) is 4. The van der Waals surface area contributed by atoms with Gasteiger partial charge in [0.25, 0.3) is 5.91 Å². The van der Waals surface area contributed by atoms with Crippen LogP contribution in [0.3, 0.4) is 0 Å². The first kappa shape index (κ1) is 18.1. The maximum absolute atomic E-state index is 12.9. The van der Waals surface area contributed by atoms with E-state index in [9.17, 15) is 4.79 Å². The number of nitrogens with one attached hydrogen (secondary N) is 2. The predicted octanol–water partition coefficient (Wildman–Crippen LogP) is 3.50. The molecular weight excluding hydrogens is 360 g/mol. The quantitative estimate of drug-likeness (QED) is 0.719. The minimum Gasteiger partial charge on any atom is -0.317 e. The molecule has 0 radical (unpaired) electrons. The first-order chi connectivity index (χ1) is 13.0. The van der Waals surface area contributed by atoms with Gasteiger partial charge < -0.3 is 5.32 Å². The van der Waals surface area contributed by atoms with E-state index in [0.29, 0.717) is 16.6 Å². The number of carbonyl (C=O) groups is 1. The molecule has 1 fully saturated rings. The van der Waals surface area contributed by atoms with Crippen LogP contribution in [-0.2, 0) is 0 Å². The number of anilines is 1. The van der Waals surface area contributed by atoms with Crippen molar-refractivity contribution in [2.45, 2.75) is 45.6 Å². The Balaban J connectivity index is 1.59. The summed E-state index contributed by atoms with van der Waals surface area (Å²) in [5.74, 6) is 0.369. The van der Waals surface area contributed by atoms with E-state index < -0.39 is 0 Å². The lowest BCUT2D eigenvalue weighted by atomic mass is 9.97. The molecule has 0 atom stereocenters. The van der Waals surface area contributed by atoms with E-state index in [1.54, 1.807) is 17.5 Å². The van der Waals surface area contributed by atoms with E-state index in [4.69, 9.17) is 0 Å². The van der Waals surface area contributed by atoms with Gasteiger partial charge in [-0.25, -0.2) is 14.6 Å². The van der Waals surface area contributed by atoms with E-state index >= 15 is 0 Å². The molecule has 1 saturated heterocycles. The highest BCUT2D eigenvalue weighted by Crippen LogP contribution is 2.32. The van der Waals surface area contributed by atoms with Crippen LogP contribution < -0.4 is 10.6 Å². The summed E-state index contributed by atoms with van der Waals surface area (Å²) in [5, 5.41) is 12.2. The number of aryl methyl sites for hydroxylation is 1. The van der Waals surface area contributed by atoms with Gasteiger partial charge in [0.1, 0.15) is 0 Å². The molecule has 0 aromatic carbocycles. The largest absolute Gasteiger partial charge is 0.317 e. The van der Waals surface area contributed by atoms with Crippen LogP contribution in [0.4, 0.5) is 5.13 Å². The second-order valence-corrected chi connectivity index (χ2v) is 8.34. The minimum absolute atomic E-state index is 0.167. The van der Waals surface area contributed by atoms with Crippen molar-refractivity contribution < 1.29 is 4.79 Å². The molecule has 7 nitrogen and oxygen atoms in total. The Morgan fingerprint density at radius 1 is 1.33 bits per heavy atom. The van der Waals surface area contributed by atoms with Crippen LogP contribution in [0.1, 0.15) is 59.6 Å². The maximum Gasteiger partial charge on any atom is 0.258 e. The van der Waals surface area contributed by atoms with Gasteiger partial charge in [-0.3, -0.25) is 10.1 Å². The summed E-state index contributed by atoms with van der Waals surface area (Å²) < 4.78 is 1.84. The van der Waals surface area contributed by atoms with Crippen LogP contribution >= 0.6 is 11.3 Å². The first-order valence-corrected chi connectivity index (χ1v) is 10.2. The topological polar surface area (TPSA) is 84.7 Å². The minimum atomic E-state index is -0.167. The molecule has 0 unspecified atom stereocenters. The highest BCUT2D eigenvalue weighted by Gasteiger charge is 2.20. The average molecular weight is 385 g/mol. The molecule has 1 aliphatic rings. The van der Waals surface area contributed by atoms with Gasteiger partial charge in [-0.2, -0.15) is 5.10 Å². The number of aromatic nitrogens is 4. The van der Waals surface area contributed by atoms with Crippen LogP contribution in [0.5, 0.6) is 0 Å². The highest BCUT2D eigenvalue weighted by molar-refractivity contribution is 7.15. The highest BCUT2D eigenvalue weighted by atomic mass is 32.1. The van der Waals surface area contributed by atoms with Gasteiger partial charge in [0.05, 0.1) is 17.1 Å². The summed E-state index contributed by atoms with van der Waals surface area (Å²) >= 11 is 1.57. The lowest BCUT2D eigenvalue weighted by Gasteiger charge is -2.20. The number of pyridine rings is 1. The summed E-state index contributed by atoms with van der Waals surface area (Å²) in [4.78, 5) is 23.2. The Hall–Kier alpha value is -2.32. The van der Waals surface area contributed by atoms with E-state index in [-0.39, 0.29) is 11.9 Å². The molecule has 0 saturated carbocycles. The van der Waals surface area contributed by atoms with E-state index in [0.717, 1.165) is 42.7 Å². The van der Waals surface area contributed by atoms with Gasteiger partial charge in [-0.05, 0) is 58.7 Å². The number of rotatable bonds is 4. The zero-order valence-corrected chi connectivity index (χ0v) is 16.6. The van der Waals surface area contributed by atoms with Crippen LogP contribution in [-0.4, -0.2) is 38.7 Å². The Bertz CT molecular complexity index is 970. The molecule has 0 aliphatic carbocycles. The van der Waals surface area contributed by atoms with Gasteiger partial charge in [0.15, 0.2) is 10.8 Å². The van der Waals surface area contributed by atoms with Crippen LogP contribution in [0.15, 0.2) is 18.5 Å². The number of thiazole rings is 1. The molecular formula is C19H24N6OS. The Kier molecular flexibility index (Phi) is 4.92. The number of piperidine rings is 1. The third kappa shape index (κ3) is 3.59. The molecule has 3 aromatic rings. The normalized spacial score (nSPS) is 15.6. The molecule has 0 spiro atoms. The monoisotopic (exact) mass is 384 g/mol. The third-order valence-electron chi connectivity index (χ3n) is 4.91. The summed E-state index contributed by atoms with van der Waals surface area (Å²) in [7, 11) is 0. The predicted molar refractivity (Wildman–Crippen MR) is 108 cm³/mol. The molecule has 0 bridgehead atoms. The zero-order chi connectivity index (χ0) is 19.0. The summed E-state index contributed by atoms with van der Waals surface area (Å²) in [6.07, 6.45) is 5.86. The number of amides is 1. The van der Waals surface area contributed by atoms with Gasteiger partial charge in [0, 0.05) is 22.8 Å². The van der Waals surface area contributed by atoms with Crippen LogP contribution in [0, 0.1) is 6.92 Å². The number of hydrogen-bond acceptors (Lipinski definition) is 6. The lowest BCUT2D eigenvalue weighted by Crippen LogP contribution is -2.26. The standard InChI is InChI=1S/C19H24N6OS/c1-11(2)25-17-15(9-22-25)14(8-12(3)23-17)18(26)24-19-21-10-16(27-19)13-4-6-20-7-5-13/h8-11,13,20H,4-7H2,1-3H3,(H,21,24,26). The Morgan fingerprint density at radius 3 is 2.85 bits per heavy atom. The molecule has 4 rings (SSSR count). The fraction of sp³-hybridized carbons (Fsp3) is 0.474. The van der Waals surface area contributed by atoms with Crippen molar-refractivity contribution in [3.05, 3.63) is 34.6 Å². The summed E-state index contributed by atoms with van der Waals surface area (Å²) in [6, 6.07) is 1.99. The van der Waals surface area contributed by atoms with E-state index in [1.165, 1.54) is 4.88 Å². The van der Waals surface area contributed by atoms with Crippen molar-refractivity contribution in [2.75, 3.05) is 18.4 Å². The smallest absolute Gasteiger partial charge is 0.258 e. The molecule has 8 heteroatoms. The molecule has 3 aromatic heterocycles. The van der Waals surface area contributed by atoms with Crippen molar-refractivity contribution in [1.82, 2.24) is 25.1 Å². The zero-order valence-electron chi connectivity index (χ0n) is 15.8. The number of fused-ring (bicyclic) bond motifs is 1. The van der Waals surface area contributed by atoms with Crippen molar-refractivity contribution in [1.29, 1.82) is 0 Å². The van der Waals surface area contributed by atoms with Crippen molar-refractivity contribution in [2.24, 2.45) is 0 Å². The molecule has 2 N–H and O–H groups in total. The van der Waals surface area contributed by atoms with Crippen molar-refractivity contribution in [3.8, 4) is 0 Å². The third-order valence-corrected chi connectivity index (χ3v) is 5.99. The number of carbonyl (C=O) groups excluding carboxylic acids is 1.